The summed E-state index contributed by atoms with van der Waals surface area (Å²) in [6.45, 7) is 2.16. The van der Waals surface area contributed by atoms with Crippen LogP contribution in [0.2, 0.25) is 0 Å². The molecule has 0 fully saturated rings. The Balaban J connectivity index is 2.33. The highest BCUT2D eigenvalue weighted by Crippen LogP contribution is 2.22. The molecule has 0 saturated heterocycles. The van der Waals surface area contributed by atoms with Gasteiger partial charge in [-0.05, 0) is 11.6 Å². The van der Waals surface area contributed by atoms with Crippen LogP contribution in [-0.4, -0.2) is 19.6 Å². The number of nitrogens with zero attached hydrogens (tertiary/aromatic N) is 4. The van der Waals surface area contributed by atoms with Crippen molar-refractivity contribution in [3.05, 3.63) is 35.9 Å². The molecule has 1 unspecified atom stereocenters. The van der Waals surface area contributed by atoms with E-state index >= 15 is 0 Å². The third kappa shape index (κ3) is 1.43. The Morgan fingerprint density at radius 3 is 2.57 bits per heavy atom. The average molecular weight is 190 g/mol. The van der Waals surface area contributed by atoms with E-state index in [1.54, 1.807) is 0 Å². The molecule has 0 spiro atoms. The van der Waals surface area contributed by atoms with Gasteiger partial charge in [0, 0.05) is 38.1 Å². The third-order valence-corrected chi connectivity index (χ3v) is 2.53. The highest BCUT2D eigenvalue weighted by molar-refractivity contribution is 5.22. The van der Waals surface area contributed by atoms with Crippen LogP contribution in [0.25, 0.3) is 0 Å². The van der Waals surface area contributed by atoms with Crippen molar-refractivity contribution in [3.8, 4) is 0 Å². The fourth-order valence-electron chi connectivity index (χ4n) is 1.64. The molecular formula is C10H14N4. The number of hydrogen-bond donors (Lipinski definition) is 0. The van der Waals surface area contributed by atoms with Gasteiger partial charge in [-0.3, -0.25) is 9.36 Å². The zero-order valence-electron chi connectivity index (χ0n) is 8.68. The first kappa shape index (κ1) is 8.99. The fraction of sp³-hybridized carbons (Fsp3) is 0.400. The van der Waals surface area contributed by atoms with E-state index in [0.717, 1.165) is 0 Å². The van der Waals surface area contributed by atoms with E-state index in [-0.39, 0.29) is 0 Å². The molecule has 2 aromatic heterocycles. The van der Waals surface area contributed by atoms with Crippen molar-refractivity contribution in [2.45, 2.75) is 12.8 Å². The number of rotatable bonds is 2. The summed E-state index contributed by atoms with van der Waals surface area (Å²) in [6.07, 6.45) is 5.76. The van der Waals surface area contributed by atoms with E-state index in [1.807, 2.05) is 48.1 Å². The number of aromatic nitrogens is 4. The Bertz CT molecular complexity index is 427. The van der Waals surface area contributed by atoms with Crippen LogP contribution in [0.15, 0.2) is 24.7 Å². The van der Waals surface area contributed by atoms with Crippen molar-refractivity contribution < 1.29 is 0 Å². The Kier molecular flexibility index (Phi) is 2.11. The summed E-state index contributed by atoms with van der Waals surface area (Å²) in [5.74, 6) is 0.344. The van der Waals surface area contributed by atoms with Gasteiger partial charge in [0.15, 0.2) is 0 Å². The second kappa shape index (κ2) is 3.29. The Hall–Kier alpha value is -1.58. The SMILES string of the molecule is CC(c1cnn(C)c1)c1ccnn1C. The molecule has 0 aliphatic carbocycles. The second-order valence-electron chi connectivity index (χ2n) is 3.55. The zero-order chi connectivity index (χ0) is 10.1. The van der Waals surface area contributed by atoms with Gasteiger partial charge >= 0.3 is 0 Å². The molecule has 0 saturated carbocycles. The maximum absolute atomic E-state index is 4.16. The molecule has 1 atom stereocenters. The summed E-state index contributed by atoms with van der Waals surface area (Å²) in [5.41, 5.74) is 2.43. The van der Waals surface area contributed by atoms with Crippen LogP contribution in [0, 0.1) is 0 Å². The predicted molar refractivity (Wildman–Crippen MR) is 53.9 cm³/mol. The molecule has 4 nitrogen and oxygen atoms in total. The summed E-state index contributed by atoms with van der Waals surface area (Å²) in [6, 6.07) is 2.04. The van der Waals surface area contributed by atoms with Crippen LogP contribution in [0.4, 0.5) is 0 Å². The van der Waals surface area contributed by atoms with Crippen molar-refractivity contribution in [2.75, 3.05) is 0 Å². The molecule has 0 N–H and O–H groups in total. The molecule has 0 bridgehead atoms. The van der Waals surface area contributed by atoms with Crippen LogP contribution in [0.3, 0.4) is 0 Å². The summed E-state index contributed by atoms with van der Waals surface area (Å²) in [5, 5.41) is 8.32. The summed E-state index contributed by atoms with van der Waals surface area (Å²) in [4.78, 5) is 0. The average Bonchev–Trinajstić information content (AvgIpc) is 2.73. The van der Waals surface area contributed by atoms with Gasteiger partial charge in [-0.15, -0.1) is 0 Å². The van der Waals surface area contributed by atoms with Gasteiger partial charge in [-0.2, -0.15) is 10.2 Å². The van der Waals surface area contributed by atoms with E-state index in [2.05, 4.69) is 17.1 Å². The van der Waals surface area contributed by atoms with Gasteiger partial charge in [-0.1, -0.05) is 6.92 Å². The maximum Gasteiger partial charge on any atom is 0.0528 e. The maximum atomic E-state index is 4.16. The van der Waals surface area contributed by atoms with Crippen LogP contribution >= 0.6 is 0 Å². The topological polar surface area (TPSA) is 35.6 Å². The van der Waals surface area contributed by atoms with E-state index in [0.29, 0.717) is 5.92 Å². The molecule has 0 aromatic carbocycles. The van der Waals surface area contributed by atoms with E-state index in [4.69, 9.17) is 0 Å². The smallest absolute Gasteiger partial charge is 0.0528 e. The first-order chi connectivity index (χ1) is 6.68. The highest BCUT2D eigenvalue weighted by Gasteiger charge is 2.12. The Morgan fingerprint density at radius 1 is 1.29 bits per heavy atom. The van der Waals surface area contributed by atoms with Crippen LogP contribution in [0.1, 0.15) is 24.1 Å². The third-order valence-electron chi connectivity index (χ3n) is 2.53. The molecular weight excluding hydrogens is 176 g/mol. The lowest BCUT2D eigenvalue weighted by Gasteiger charge is -2.08. The molecule has 0 amide bonds. The van der Waals surface area contributed by atoms with Crippen molar-refractivity contribution >= 4 is 0 Å². The summed E-state index contributed by atoms with van der Waals surface area (Å²) < 4.78 is 3.72. The van der Waals surface area contributed by atoms with E-state index in [1.165, 1.54) is 11.3 Å². The minimum absolute atomic E-state index is 0.344. The van der Waals surface area contributed by atoms with Gasteiger partial charge in [0.05, 0.1) is 6.20 Å². The largest absolute Gasteiger partial charge is 0.276 e. The lowest BCUT2D eigenvalue weighted by atomic mass is 10.0. The van der Waals surface area contributed by atoms with Gasteiger partial charge < -0.3 is 0 Å². The lowest BCUT2D eigenvalue weighted by Crippen LogP contribution is -2.03. The van der Waals surface area contributed by atoms with Crippen molar-refractivity contribution in [1.82, 2.24) is 19.6 Å². The molecule has 2 aromatic rings. The van der Waals surface area contributed by atoms with Crippen LogP contribution in [-0.2, 0) is 14.1 Å². The first-order valence-electron chi connectivity index (χ1n) is 4.65. The van der Waals surface area contributed by atoms with E-state index in [9.17, 15) is 0 Å². The minimum Gasteiger partial charge on any atom is -0.276 e. The Morgan fingerprint density at radius 2 is 2.07 bits per heavy atom. The standard InChI is InChI=1S/C10H14N4/c1-8(9-6-12-13(2)7-9)10-4-5-11-14(10)3/h4-8H,1-3H3. The van der Waals surface area contributed by atoms with Gasteiger partial charge in [0.25, 0.3) is 0 Å². The fourth-order valence-corrected chi connectivity index (χ4v) is 1.64. The van der Waals surface area contributed by atoms with Gasteiger partial charge in [0.1, 0.15) is 0 Å². The van der Waals surface area contributed by atoms with Crippen molar-refractivity contribution in [3.63, 3.8) is 0 Å². The van der Waals surface area contributed by atoms with Crippen LogP contribution < -0.4 is 0 Å². The zero-order valence-corrected chi connectivity index (χ0v) is 8.68. The van der Waals surface area contributed by atoms with Crippen molar-refractivity contribution in [1.29, 1.82) is 0 Å². The van der Waals surface area contributed by atoms with Crippen LogP contribution in [0.5, 0.6) is 0 Å². The highest BCUT2D eigenvalue weighted by atomic mass is 15.3. The molecule has 14 heavy (non-hydrogen) atoms. The number of hydrogen-bond acceptors (Lipinski definition) is 2. The first-order valence-corrected chi connectivity index (χ1v) is 4.65. The predicted octanol–water partition coefficient (Wildman–Crippen LogP) is 1.31. The monoisotopic (exact) mass is 190 g/mol. The molecule has 0 radical (unpaired) electrons. The van der Waals surface area contributed by atoms with E-state index < -0.39 is 0 Å². The van der Waals surface area contributed by atoms with Gasteiger partial charge in [-0.25, -0.2) is 0 Å². The minimum atomic E-state index is 0.344. The normalized spacial score (nSPS) is 13.1. The molecule has 0 aliphatic heterocycles. The summed E-state index contributed by atoms with van der Waals surface area (Å²) >= 11 is 0. The van der Waals surface area contributed by atoms with Crippen molar-refractivity contribution in [2.24, 2.45) is 14.1 Å². The number of aryl methyl sites for hydroxylation is 2. The molecule has 2 heterocycles. The second-order valence-corrected chi connectivity index (χ2v) is 3.55. The summed E-state index contributed by atoms with van der Waals surface area (Å²) in [7, 11) is 3.89. The molecule has 74 valence electrons. The molecule has 0 aliphatic rings. The Labute approximate surface area is 83.2 Å². The molecule has 4 heteroatoms. The lowest BCUT2D eigenvalue weighted by molar-refractivity contribution is 0.684. The quantitative estimate of drug-likeness (QED) is 0.715. The molecule has 2 rings (SSSR count). The van der Waals surface area contributed by atoms with Gasteiger partial charge in [0.2, 0.25) is 0 Å².